The number of amides is 1. The zero-order chi connectivity index (χ0) is 12.8. The minimum absolute atomic E-state index is 0.0503. The number of alkyl halides is 1. The van der Waals surface area contributed by atoms with Gasteiger partial charge in [-0.1, -0.05) is 12.1 Å². The molecule has 0 spiro atoms. The molecule has 5 heteroatoms. The van der Waals surface area contributed by atoms with Gasteiger partial charge in [-0.15, -0.1) is 11.6 Å². The lowest BCUT2D eigenvalue weighted by atomic mass is 10.2. The first-order chi connectivity index (χ1) is 8.81. The minimum Gasteiger partial charge on any atom is -0.378 e. The first-order valence-electron chi connectivity index (χ1n) is 6.09. The number of ether oxygens (including phenoxy) is 1. The summed E-state index contributed by atoms with van der Waals surface area (Å²) in [4.78, 5) is 13.8. The molecule has 1 aromatic rings. The Hall–Kier alpha value is -1.26. The third-order valence-electron chi connectivity index (χ3n) is 2.85. The lowest BCUT2D eigenvalue weighted by molar-refractivity contribution is -0.115. The van der Waals surface area contributed by atoms with Gasteiger partial charge in [0.2, 0.25) is 5.91 Å². The summed E-state index contributed by atoms with van der Waals surface area (Å²) in [7, 11) is 0. The molecule has 1 aromatic carbocycles. The van der Waals surface area contributed by atoms with Crippen LogP contribution in [0.2, 0.25) is 0 Å². The number of halogens is 1. The van der Waals surface area contributed by atoms with Gasteiger partial charge in [-0.25, -0.2) is 0 Å². The van der Waals surface area contributed by atoms with Crippen LogP contribution in [-0.4, -0.2) is 38.1 Å². The number of para-hydroxylation sites is 2. The summed E-state index contributed by atoms with van der Waals surface area (Å²) < 4.78 is 5.33. The van der Waals surface area contributed by atoms with E-state index < -0.39 is 0 Å². The number of hydrogen-bond acceptors (Lipinski definition) is 3. The van der Waals surface area contributed by atoms with Gasteiger partial charge in [-0.2, -0.15) is 0 Å². The van der Waals surface area contributed by atoms with E-state index in [1.54, 1.807) is 0 Å². The smallest absolute Gasteiger partial charge is 0.225 e. The molecule has 0 aromatic heterocycles. The Kier molecular flexibility index (Phi) is 4.84. The second-order valence-electron chi connectivity index (χ2n) is 4.10. The summed E-state index contributed by atoms with van der Waals surface area (Å²) in [5.41, 5.74) is 1.89. The van der Waals surface area contributed by atoms with Gasteiger partial charge in [0.15, 0.2) is 0 Å². The van der Waals surface area contributed by atoms with Gasteiger partial charge in [0, 0.05) is 25.4 Å². The van der Waals surface area contributed by atoms with Gasteiger partial charge >= 0.3 is 0 Å². The molecular weight excluding hydrogens is 252 g/mol. The molecule has 98 valence electrons. The van der Waals surface area contributed by atoms with Crippen molar-refractivity contribution in [3.8, 4) is 0 Å². The van der Waals surface area contributed by atoms with Crippen molar-refractivity contribution < 1.29 is 9.53 Å². The predicted octanol–water partition coefficient (Wildman–Crippen LogP) is 2.09. The summed E-state index contributed by atoms with van der Waals surface area (Å²) >= 11 is 5.56. The maximum absolute atomic E-state index is 11.6. The highest BCUT2D eigenvalue weighted by atomic mass is 35.5. The maximum Gasteiger partial charge on any atom is 0.225 e. The largest absolute Gasteiger partial charge is 0.378 e. The number of nitrogens with zero attached hydrogens (tertiary/aromatic N) is 1. The number of hydrogen-bond donors (Lipinski definition) is 1. The normalized spacial score (nSPS) is 15.5. The SMILES string of the molecule is O=C(CCCl)Nc1ccccc1N1CCOCC1. The lowest BCUT2D eigenvalue weighted by Crippen LogP contribution is -2.36. The molecule has 1 amide bonds. The zero-order valence-corrected chi connectivity index (χ0v) is 10.9. The van der Waals surface area contributed by atoms with E-state index in [0.29, 0.717) is 12.3 Å². The molecular formula is C13H17ClN2O2. The Morgan fingerprint density at radius 3 is 2.78 bits per heavy atom. The Balaban J connectivity index is 2.11. The van der Waals surface area contributed by atoms with Crippen LogP contribution in [0.25, 0.3) is 0 Å². The van der Waals surface area contributed by atoms with Crippen molar-refractivity contribution in [2.24, 2.45) is 0 Å². The van der Waals surface area contributed by atoms with Crippen LogP contribution in [-0.2, 0) is 9.53 Å². The van der Waals surface area contributed by atoms with Crippen molar-refractivity contribution in [3.63, 3.8) is 0 Å². The van der Waals surface area contributed by atoms with Gasteiger partial charge < -0.3 is 15.0 Å². The van der Waals surface area contributed by atoms with Crippen LogP contribution >= 0.6 is 11.6 Å². The average molecular weight is 269 g/mol. The van der Waals surface area contributed by atoms with Gasteiger partial charge in [-0.3, -0.25) is 4.79 Å². The van der Waals surface area contributed by atoms with Gasteiger partial charge in [0.25, 0.3) is 0 Å². The monoisotopic (exact) mass is 268 g/mol. The second-order valence-corrected chi connectivity index (χ2v) is 4.48. The maximum atomic E-state index is 11.6. The summed E-state index contributed by atoms with van der Waals surface area (Å²) in [6.45, 7) is 3.15. The molecule has 0 atom stereocenters. The molecule has 1 aliphatic heterocycles. The van der Waals surface area contributed by atoms with Gasteiger partial charge in [-0.05, 0) is 12.1 Å². The van der Waals surface area contributed by atoms with Crippen molar-refractivity contribution in [2.45, 2.75) is 6.42 Å². The average Bonchev–Trinajstić information content (AvgIpc) is 2.40. The summed E-state index contributed by atoms with van der Waals surface area (Å²) in [6.07, 6.45) is 0.332. The third-order valence-corrected chi connectivity index (χ3v) is 3.04. The van der Waals surface area contributed by atoms with Crippen LogP contribution in [0.3, 0.4) is 0 Å². The first kappa shape index (κ1) is 13.2. The molecule has 2 rings (SSSR count). The van der Waals surface area contributed by atoms with Crippen molar-refractivity contribution in [3.05, 3.63) is 24.3 Å². The molecule has 1 saturated heterocycles. The molecule has 1 aliphatic rings. The molecule has 0 radical (unpaired) electrons. The molecule has 1 fully saturated rings. The highest BCUT2D eigenvalue weighted by Crippen LogP contribution is 2.26. The highest BCUT2D eigenvalue weighted by molar-refractivity contribution is 6.19. The fraction of sp³-hybridized carbons (Fsp3) is 0.462. The fourth-order valence-electron chi connectivity index (χ4n) is 1.96. The second kappa shape index (κ2) is 6.61. The van der Waals surface area contributed by atoms with E-state index >= 15 is 0 Å². The van der Waals surface area contributed by atoms with Crippen molar-refractivity contribution in [2.75, 3.05) is 42.4 Å². The topological polar surface area (TPSA) is 41.6 Å². The molecule has 0 aliphatic carbocycles. The first-order valence-corrected chi connectivity index (χ1v) is 6.62. The van der Waals surface area contributed by atoms with Gasteiger partial charge in [0.1, 0.15) is 0 Å². The van der Waals surface area contributed by atoms with E-state index in [1.165, 1.54) is 0 Å². The van der Waals surface area contributed by atoms with Crippen LogP contribution in [0.1, 0.15) is 6.42 Å². The van der Waals surface area contributed by atoms with Gasteiger partial charge in [0.05, 0.1) is 24.6 Å². The van der Waals surface area contributed by atoms with Crippen LogP contribution in [0.5, 0.6) is 0 Å². The van der Waals surface area contributed by atoms with Crippen LogP contribution in [0.15, 0.2) is 24.3 Å². The number of anilines is 2. The lowest BCUT2D eigenvalue weighted by Gasteiger charge is -2.30. The highest BCUT2D eigenvalue weighted by Gasteiger charge is 2.15. The van der Waals surface area contributed by atoms with Crippen LogP contribution < -0.4 is 10.2 Å². The van der Waals surface area contributed by atoms with E-state index in [0.717, 1.165) is 37.7 Å². The Morgan fingerprint density at radius 2 is 2.06 bits per heavy atom. The van der Waals surface area contributed by atoms with Crippen LogP contribution in [0, 0.1) is 0 Å². The zero-order valence-electron chi connectivity index (χ0n) is 10.2. The van der Waals surface area contributed by atoms with E-state index in [4.69, 9.17) is 16.3 Å². The Morgan fingerprint density at radius 1 is 1.33 bits per heavy atom. The van der Waals surface area contributed by atoms with Crippen molar-refractivity contribution in [1.29, 1.82) is 0 Å². The Labute approximate surface area is 112 Å². The summed E-state index contributed by atoms with van der Waals surface area (Å²) in [5.74, 6) is 0.289. The molecule has 0 bridgehead atoms. The molecule has 18 heavy (non-hydrogen) atoms. The number of carbonyl (C=O) groups excluding carboxylic acids is 1. The fourth-order valence-corrected chi connectivity index (χ4v) is 2.13. The van der Waals surface area contributed by atoms with Crippen molar-refractivity contribution >= 4 is 28.9 Å². The molecule has 1 N–H and O–H groups in total. The van der Waals surface area contributed by atoms with E-state index in [1.807, 2.05) is 24.3 Å². The van der Waals surface area contributed by atoms with E-state index in [9.17, 15) is 4.79 Å². The molecule has 4 nitrogen and oxygen atoms in total. The third kappa shape index (κ3) is 3.37. The number of morpholine rings is 1. The molecule has 0 unspecified atom stereocenters. The van der Waals surface area contributed by atoms with E-state index in [-0.39, 0.29) is 5.91 Å². The van der Waals surface area contributed by atoms with Crippen molar-refractivity contribution in [1.82, 2.24) is 0 Å². The molecule has 0 saturated carbocycles. The standard InChI is InChI=1S/C13H17ClN2O2/c14-6-5-13(17)15-11-3-1-2-4-12(11)16-7-9-18-10-8-16/h1-4H,5-10H2,(H,15,17). The summed E-state index contributed by atoms with van der Waals surface area (Å²) in [6, 6.07) is 7.82. The molecule has 1 heterocycles. The number of rotatable bonds is 4. The summed E-state index contributed by atoms with van der Waals surface area (Å²) in [5, 5.41) is 2.90. The quantitative estimate of drug-likeness (QED) is 0.851. The number of nitrogens with one attached hydrogen (secondary N) is 1. The number of carbonyl (C=O) groups is 1. The van der Waals surface area contributed by atoms with E-state index in [2.05, 4.69) is 10.2 Å². The minimum atomic E-state index is -0.0503. The number of benzene rings is 1. The predicted molar refractivity (Wildman–Crippen MR) is 73.4 cm³/mol. The Bertz CT molecular complexity index is 406. The van der Waals surface area contributed by atoms with Crippen LogP contribution in [0.4, 0.5) is 11.4 Å².